The summed E-state index contributed by atoms with van der Waals surface area (Å²) in [5, 5.41) is 10.8. The summed E-state index contributed by atoms with van der Waals surface area (Å²) >= 11 is 0. The quantitative estimate of drug-likeness (QED) is 0.656. The third kappa shape index (κ3) is 2.26. The van der Waals surface area contributed by atoms with Gasteiger partial charge in [-0.3, -0.25) is 0 Å². The Bertz CT molecular complexity index is 437. The van der Waals surface area contributed by atoms with E-state index >= 15 is 0 Å². The van der Waals surface area contributed by atoms with Crippen LogP contribution in [-0.4, -0.2) is 42.0 Å². The van der Waals surface area contributed by atoms with Crippen LogP contribution in [0.25, 0.3) is 0 Å². The summed E-state index contributed by atoms with van der Waals surface area (Å²) in [6.07, 6.45) is 1.000. The fraction of sp³-hybridized carbons (Fsp3) is 0.636. The molecule has 2 rings (SSSR count). The summed E-state index contributed by atoms with van der Waals surface area (Å²) in [7, 11) is 1.34. The number of methoxy groups -OCH3 is 1. The van der Waals surface area contributed by atoms with Crippen LogP contribution in [-0.2, 0) is 11.3 Å². The maximum atomic E-state index is 11.7. The Labute approximate surface area is 106 Å². The summed E-state index contributed by atoms with van der Waals surface area (Å²) in [4.78, 5) is 11.7. The molecule has 18 heavy (non-hydrogen) atoms. The lowest BCUT2D eigenvalue weighted by Crippen LogP contribution is -2.23. The fourth-order valence-corrected chi connectivity index (χ4v) is 2.09. The van der Waals surface area contributed by atoms with Crippen LogP contribution in [0.5, 0.6) is 0 Å². The van der Waals surface area contributed by atoms with Gasteiger partial charge >= 0.3 is 5.97 Å². The topological polar surface area (TPSA) is 94.2 Å². The second-order valence-electron chi connectivity index (χ2n) is 4.25. The first kappa shape index (κ1) is 12.7. The van der Waals surface area contributed by atoms with E-state index in [0.717, 1.165) is 19.5 Å². The van der Waals surface area contributed by atoms with Gasteiger partial charge in [0.25, 0.3) is 0 Å². The van der Waals surface area contributed by atoms with Crippen LogP contribution < -0.4 is 16.4 Å². The molecule has 100 valence electrons. The molecule has 1 aromatic rings. The molecule has 7 heteroatoms. The molecule has 0 aliphatic carbocycles. The van der Waals surface area contributed by atoms with Crippen LogP contribution in [0.15, 0.2) is 0 Å². The number of carbonyl (C=O) groups is 1. The lowest BCUT2D eigenvalue weighted by atomic mass is 10.2. The standard InChI is InChI=1S/C11H19N5O2/c1-3-16-9(12)8(11(17)18-2)10(15-16)14-7-4-5-13-6-7/h7,13H,3-6,12H2,1-2H3,(H,14,15). The monoisotopic (exact) mass is 253 g/mol. The average molecular weight is 253 g/mol. The number of aromatic nitrogens is 2. The molecule has 0 aromatic carbocycles. The molecule has 0 radical (unpaired) electrons. The van der Waals surface area contributed by atoms with Crippen molar-refractivity contribution >= 4 is 17.6 Å². The average Bonchev–Trinajstić information content (AvgIpc) is 2.97. The van der Waals surface area contributed by atoms with E-state index < -0.39 is 5.97 Å². The third-order valence-electron chi connectivity index (χ3n) is 3.08. The summed E-state index contributed by atoms with van der Waals surface area (Å²) in [5.41, 5.74) is 6.23. The molecule has 0 amide bonds. The van der Waals surface area contributed by atoms with Crippen molar-refractivity contribution in [1.29, 1.82) is 0 Å². The minimum Gasteiger partial charge on any atom is -0.465 e. The number of nitrogen functional groups attached to an aromatic ring is 1. The molecule has 1 unspecified atom stereocenters. The van der Waals surface area contributed by atoms with Gasteiger partial charge in [-0.15, -0.1) is 0 Å². The maximum Gasteiger partial charge on any atom is 0.345 e. The van der Waals surface area contributed by atoms with E-state index in [2.05, 4.69) is 15.7 Å². The molecule has 1 saturated heterocycles. The van der Waals surface area contributed by atoms with E-state index in [1.54, 1.807) is 4.68 Å². The van der Waals surface area contributed by atoms with Crippen LogP contribution in [0.4, 0.5) is 11.6 Å². The van der Waals surface area contributed by atoms with E-state index in [1.807, 2.05) is 6.92 Å². The van der Waals surface area contributed by atoms with Crippen molar-refractivity contribution in [3.05, 3.63) is 5.56 Å². The minimum atomic E-state index is -0.458. The molecule has 1 atom stereocenters. The highest BCUT2D eigenvalue weighted by molar-refractivity contribution is 5.99. The number of carbonyl (C=O) groups excluding carboxylic acids is 1. The van der Waals surface area contributed by atoms with Gasteiger partial charge in [0, 0.05) is 19.1 Å². The summed E-state index contributed by atoms with van der Waals surface area (Å²) < 4.78 is 6.35. The Morgan fingerprint density at radius 1 is 1.72 bits per heavy atom. The number of hydrogen-bond donors (Lipinski definition) is 3. The molecule has 0 saturated carbocycles. The van der Waals surface area contributed by atoms with E-state index in [-0.39, 0.29) is 6.04 Å². The molecule has 7 nitrogen and oxygen atoms in total. The largest absolute Gasteiger partial charge is 0.465 e. The van der Waals surface area contributed by atoms with E-state index in [0.29, 0.717) is 23.7 Å². The number of nitrogens with two attached hydrogens (primary N) is 1. The lowest BCUT2D eigenvalue weighted by Gasteiger charge is -2.11. The number of ether oxygens (including phenoxy) is 1. The lowest BCUT2D eigenvalue weighted by molar-refractivity contribution is 0.0603. The molecule has 1 fully saturated rings. The van der Waals surface area contributed by atoms with E-state index in [9.17, 15) is 4.79 Å². The van der Waals surface area contributed by atoms with Gasteiger partial charge in [0.1, 0.15) is 11.4 Å². The molecule has 0 bridgehead atoms. The molecule has 1 aromatic heterocycles. The molecule has 1 aliphatic heterocycles. The molecule has 1 aliphatic rings. The van der Waals surface area contributed by atoms with Crippen molar-refractivity contribution in [3.63, 3.8) is 0 Å². The second kappa shape index (κ2) is 5.26. The van der Waals surface area contributed by atoms with Crippen molar-refractivity contribution in [2.75, 3.05) is 31.2 Å². The zero-order chi connectivity index (χ0) is 13.1. The van der Waals surface area contributed by atoms with Crippen molar-refractivity contribution in [3.8, 4) is 0 Å². The number of anilines is 2. The highest BCUT2D eigenvalue weighted by Gasteiger charge is 2.25. The Hall–Kier alpha value is -1.76. The summed E-state index contributed by atoms with van der Waals surface area (Å²) in [6.45, 7) is 4.36. The molecule has 2 heterocycles. The number of nitrogens with one attached hydrogen (secondary N) is 2. The van der Waals surface area contributed by atoms with Gasteiger partial charge < -0.3 is 21.1 Å². The van der Waals surface area contributed by atoms with Crippen LogP contribution in [0.3, 0.4) is 0 Å². The van der Waals surface area contributed by atoms with Crippen molar-refractivity contribution in [2.24, 2.45) is 0 Å². The third-order valence-corrected chi connectivity index (χ3v) is 3.08. The first-order valence-electron chi connectivity index (χ1n) is 6.09. The zero-order valence-corrected chi connectivity index (χ0v) is 10.7. The van der Waals surface area contributed by atoms with Gasteiger partial charge in [0.15, 0.2) is 5.82 Å². The Balaban J connectivity index is 2.29. The number of hydrogen-bond acceptors (Lipinski definition) is 6. The van der Waals surface area contributed by atoms with Crippen LogP contribution >= 0.6 is 0 Å². The number of aryl methyl sites for hydroxylation is 1. The van der Waals surface area contributed by atoms with Crippen LogP contribution in [0.1, 0.15) is 23.7 Å². The molecular formula is C11H19N5O2. The Morgan fingerprint density at radius 3 is 3.06 bits per heavy atom. The molecular weight excluding hydrogens is 234 g/mol. The van der Waals surface area contributed by atoms with Crippen molar-refractivity contribution in [1.82, 2.24) is 15.1 Å². The van der Waals surface area contributed by atoms with Crippen LogP contribution in [0, 0.1) is 0 Å². The first-order chi connectivity index (χ1) is 8.67. The van der Waals surface area contributed by atoms with Crippen LogP contribution in [0.2, 0.25) is 0 Å². The Morgan fingerprint density at radius 2 is 2.50 bits per heavy atom. The fourth-order valence-electron chi connectivity index (χ4n) is 2.09. The predicted octanol–water partition coefficient (Wildman–Crippen LogP) is 0.0456. The maximum absolute atomic E-state index is 11.7. The van der Waals surface area contributed by atoms with Gasteiger partial charge in [-0.05, 0) is 19.9 Å². The second-order valence-corrected chi connectivity index (χ2v) is 4.25. The minimum absolute atomic E-state index is 0.271. The van der Waals surface area contributed by atoms with Crippen molar-refractivity contribution < 1.29 is 9.53 Å². The highest BCUT2D eigenvalue weighted by atomic mass is 16.5. The molecule has 4 N–H and O–H groups in total. The zero-order valence-electron chi connectivity index (χ0n) is 10.7. The van der Waals surface area contributed by atoms with E-state index in [1.165, 1.54) is 7.11 Å². The van der Waals surface area contributed by atoms with Gasteiger partial charge in [-0.1, -0.05) is 0 Å². The SMILES string of the molecule is CCn1nc(NC2CCNC2)c(C(=O)OC)c1N. The van der Waals surface area contributed by atoms with E-state index in [4.69, 9.17) is 10.5 Å². The number of nitrogens with zero attached hydrogens (tertiary/aromatic N) is 2. The van der Waals surface area contributed by atoms with Gasteiger partial charge in [0.05, 0.1) is 7.11 Å². The summed E-state index contributed by atoms with van der Waals surface area (Å²) in [6, 6.07) is 0.271. The highest BCUT2D eigenvalue weighted by Crippen LogP contribution is 2.24. The van der Waals surface area contributed by atoms with Gasteiger partial charge in [-0.25, -0.2) is 9.48 Å². The molecule has 0 spiro atoms. The smallest absolute Gasteiger partial charge is 0.345 e. The van der Waals surface area contributed by atoms with Gasteiger partial charge in [0.2, 0.25) is 0 Å². The number of rotatable bonds is 4. The Kier molecular flexibility index (Phi) is 3.71. The predicted molar refractivity (Wildman–Crippen MR) is 68.6 cm³/mol. The number of esters is 1. The van der Waals surface area contributed by atoms with Crippen molar-refractivity contribution in [2.45, 2.75) is 25.9 Å². The van der Waals surface area contributed by atoms with Gasteiger partial charge in [-0.2, -0.15) is 5.10 Å². The first-order valence-corrected chi connectivity index (χ1v) is 6.09. The normalized spacial score (nSPS) is 18.9. The summed E-state index contributed by atoms with van der Waals surface area (Å²) in [5.74, 6) is 0.397.